The van der Waals surface area contributed by atoms with Crippen molar-refractivity contribution in [2.45, 2.75) is 20.0 Å². The van der Waals surface area contributed by atoms with Gasteiger partial charge in [0.1, 0.15) is 17.8 Å². The number of anilines is 1. The number of carbonyl (C=O) groups is 2. The van der Waals surface area contributed by atoms with Crippen LogP contribution in [0.3, 0.4) is 0 Å². The predicted molar refractivity (Wildman–Crippen MR) is 114 cm³/mol. The summed E-state index contributed by atoms with van der Waals surface area (Å²) in [4.78, 5) is 25.2. The maximum Gasteiger partial charge on any atom is 0.419 e. The first kappa shape index (κ1) is 24.5. The lowest BCUT2D eigenvalue weighted by Gasteiger charge is -2.24. The number of hydrogen-bond donors (Lipinski definition) is 1. The van der Waals surface area contributed by atoms with Crippen molar-refractivity contribution in [3.05, 3.63) is 64.4 Å². The third-order valence-corrected chi connectivity index (χ3v) is 5.24. The standard InChI is InChI=1S/C22H20ClF4N3O3/c1-3-33-20(32)21(2)12-30(29-19(21)13-4-6-14(23)7-5-13)11-18(31)28-15-8-9-16(17(24)10-15)22(25,26)27/h4-10H,3,11-12H2,1-2H3,(H,28,31). The number of halogens is 5. The molecule has 1 aliphatic rings. The van der Waals surface area contributed by atoms with Crippen molar-refractivity contribution in [2.75, 3.05) is 25.0 Å². The lowest BCUT2D eigenvalue weighted by atomic mass is 9.82. The van der Waals surface area contributed by atoms with Crippen LogP contribution in [0.5, 0.6) is 0 Å². The number of amides is 1. The highest BCUT2D eigenvalue weighted by Gasteiger charge is 2.47. The van der Waals surface area contributed by atoms with Crippen LogP contribution >= 0.6 is 11.6 Å². The van der Waals surface area contributed by atoms with E-state index in [1.165, 1.54) is 5.01 Å². The molecule has 11 heteroatoms. The molecule has 33 heavy (non-hydrogen) atoms. The van der Waals surface area contributed by atoms with E-state index >= 15 is 0 Å². The number of nitrogens with zero attached hydrogens (tertiary/aromatic N) is 2. The largest absolute Gasteiger partial charge is 0.465 e. The summed E-state index contributed by atoms with van der Waals surface area (Å²) in [6.07, 6.45) is -4.84. The monoisotopic (exact) mass is 485 g/mol. The second kappa shape index (κ2) is 9.38. The minimum atomic E-state index is -4.84. The quantitative estimate of drug-likeness (QED) is 0.474. The Morgan fingerprint density at radius 3 is 2.45 bits per heavy atom. The first-order valence-electron chi connectivity index (χ1n) is 9.88. The number of esters is 1. The van der Waals surface area contributed by atoms with Crippen LogP contribution in [0.25, 0.3) is 0 Å². The fourth-order valence-electron chi connectivity index (χ4n) is 3.44. The molecule has 0 aromatic heterocycles. The minimum absolute atomic E-state index is 0.0264. The molecule has 0 radical (unpaired) electrons. The fourth-order valence-corrected chi connectivity index (χ4v) is 3.57. The highest BCUT2D eigenvalue weighted by atomic mass is 35.5. The molecule has 1 unspecified atom stereocenters. The Hall–Kier alpha value is -3.14. The lowest BCUT2D eigenvalue weighted by molar-refractivity contribution is -0.150. The second-order valence-electron chi connectivity index (χ2n) is 7.57. The minimum Gasteiger partial charge on any atom is -0.465 e. The molecule has 0 bridgehead atoms. The van der Waals surface area contributed by atoms with Gasteiger partial charge in [-0.25, -0.2) is 4.39 Å². The van der Waals surface area contributed by atoms with Crippen molar-refractivity contribution in [3.8, 4) is 0 Å². The second-order valence-corrected chi connectivity index (χ2v) is 8.01. The zero-order valence-electron chi connectivity index (χ0n) is 17.7. The normalized spacial score (nSPS) is 18.2. The highest BCUT2D eigenvalue weighted by Crippen LogP contribution is 2.34. The van der Waals surface area contributed by atoms with Gasteiger partial charge in [-0.15, -0.1) is 0 Å². The SMILES string of the molecule is CCOC(=O)C1(C)CN(CC(=O)Nc2ccc(C(F)(F)F)c(F)c2)N=C1c1ccc(Cl)cc1. The van der Waals surface area contributed by atoms with Crippen LogP contribution in [-0.2, 0) is 20.5 Å². The first-order valence-corrected chi connectivity index (χ1v) is 10.3. The number of alkyl halides is 3. The van der Waals surface area contributed by atoms with Gasteiger partial charge in [-0.3, -0.25) is 14.6 Å². The van der Waals surface area contributed by atoms with Gasteiger partial charge < -0.3 is 10.1 Å². The van der Waals surface area contributed by atoms with Crippen LogP contribution in [-0.4, -0.2) is 42.3 Å². The van der Waals surface area contributed by atoms with Gasteiger partial charge >= 0.3 is 12.1 Å². The van der Waals surface area contributed by atoms with Crippen molar-refractivity contribution < 1.29 is 31.9 Å². The molecular weight excluding hydrogens is 466 g/mol. The van der Waals surface area contributed by atoms with Gasteiger partial charge in [0.25, 0.3) is 0 Å². The maximum absolute atomic E-state index is 13.8. The molecule has 1 amide bonds. The van der Waals surface area contributed by atoms with Gasteiger partial charge in [0, 0.05) is 10.7 Å². The third kappa shape index (κ3) is 5.44. The number of hydrazone groups is 1. The van der Waals surface area contributed by atoms with Gasteiger partial charge in [0.15, 0.2) is 0 Å². The molecule has 0 fully saturated rings. The molecule has 2 aromatic carbocycles. The van der Waals surface area contributed by atoms with E-state index in [2.05, 4.69) is 10.4 Å². The summed E-state index contributed by atoms with van der Waals surface area (Å²) in [5.74, 6) is -2.67. The summed E-state index contributed by atoms with van der Waals surface area (Å²) < 4.78 is 57.1. The number of nitrogens with one attached hydrogen (secondary N) is 1. The van der Waals surface area contributed by atoms with Crippen LogP contribution < -0.4 is 5.32 Å². The Labute approximate surface area is 192 Å². The van der Waals surface area contributed by atoms with E-state index in [9.17, 15) is 27.2 Å². The zero-order valence-corrected chi connectivity index (χ0v) is 18.4. The summed E-state index contributed by atoms with van der Waals surface area (Å²) in [6.45, 7) is 3.17. The Morgan fingerprint density at radius 2 is 1.88 bits per heavy atom. The van der Waals surface area contributed by atoms with Crippen molar-refractivity contribution >= 4 is 34.9 Å². The Kier molecular flexibility index (Phi) is 6.97. The molecule has 1 aliphatic heterocycles. The van der Waals surface area contributed by atoms with Gasteiger partial charge in [-0.1, -0.05) is 23.7 Å². The van der Waals surface area contributed by atoms with E-state index in [-0.39, 0.29) is 25.4 Å². The number of rotatable bonds is 6. The molecular formula is C22H20ClF4N3O3. The van der Waals surface area contributed by atoms with Gasteiger partial charge in [-0.2, -0.15) is 18.3 Å². The van der Waals surface area contributed by atoms with Gasteiger partial charge in [0.2, 0.25) is 5.91 Å². The van der Waals surface area contributed by atoms with E-state index in [1.54, 1.807) is 38.1 Å². The maximum atomic E-state index is 13.8. The zero-order chi connectivity index (χ0) is 24.4. The molecule has 176 valence electrons. The molecule has 0 spiro atoms. The third-order valence-electron chi connectivity index (χ3n) is 4.99. The summed E-state index contributed by atoms with van der Waals surface area (Å²) in [6, 6.07) is 8.75. The number of benzene rings is 2. The molecule has 0 aliphatic carbocycles. The van der Waals surface area contributed by atoms with Crippen LogP contribution in [0.15, 0.2) is 47.6 Å². The van der Waals surface area contributed by atoms with Gasteiger partial charge in [-0.05, 0) is 49.7 Å². The first-order chi connectivity index (χ1) is 15.4. The summed E-state index contributed by atoms with van der Waals surface area (Å²) in [5, 5.41) is 8.59. The van der Waals surface area contributed by atoms with Crippen molar-refractivity contribution in [2.24, 2.45) is 10.5 Å². The Bertz CT molecular complexity index is 1090. The van der Waals surface area contributed by atoms with E-state index < -0.39 is 34.8 Å². The topological polar surface area (TPSA) is 71.0 Å². The van der Waals surface area contributed by atoms with E-state index in [4.69, 9.17) is 16.3 Å². The number of ether oxygens (including phenoxy) is 1. The molecule has 0 saturated heterocycles. The Balaban J connectivity index is 1.79. The molecule has 2 aromatic rings. The fraction of sp³-hybridized carbons (Fsp3) is 0.318. The summed E-state index contributed by atoms with van der Waals surface area (Å²) in [5.41, 5.74) is -1.75. The molecule has 6 nitrogen and oxygen atoms in total. The molecule has 1 atom stereocenters. The average Bonchev–Trinajstić information content (AvgIpc) is 3.05. The number of hydrogen-bond acceptors (Lipinski definition) is 5. The van der Waals surface area contributed by atoms with Gasteiger partial charge in [0.05, 0.1) is 24.4 Å². The summed E-state index contributed by atoms with van der Waals surface area (Å²) >= 11 is 5.94. The van der Waals surface area contributed by atoms with Crippen LogP contribution in [0.2, 0.25) is 5.02 Å². The van der Waals surface area contributed by atoms with Crippen molar-refractivity contribution in [1.82, 2.24) is 5.01 Å². The summed E-state index contributed by atoms with van der Waals surface area (Å²) in [7, 11) is 0. The average molecular weight is 486 g/mol. The molecule has 1 N–H and O–H groups in total. The molecule has 3 rings (SSSR count). The smallest absolute Gasteiger partial charge is 0.419 e. The van der Waals surface area contributed by atoms with E-state index in [0.717, 1.165) is 6.07 Å². The van der Waals surface area contributed by atoms with Crippen LogP contribution in [0.4, 0.5) is 23.2 Å². The Morgan fingerprint density at radius 1 is 1.21 bits per heavy atom. The van der Waals surface area contributed by atoms with Crippen molar-refractivity contribution in [1.29, 1.82) is 0 Å². The van der Waals surface area contributed by atoms with E-state index in [1.807, 2.05) is 0 Å². The predicted octanol–water partition coefficient (Wildman–Crippen LogP) is 4.73. The van der Waals surface area contributed by atoms with Crippen LogP contribution in [0.1, 0.15) is 25.0 Å². The van der Waals surface area contributed by atoms with Crippen molar-refractivity contribution in [3.63, 3.8) is 0 Å². The molecule has 1 heterocycles. The van der Waals surface area contributed by atoms with Crippen LogP contribution in [0, 0.1) is 11.2 Å². The number of carbonyl (C=O) groups excluding carboxylic acids is 2. The molecule has 0 saturated carbocycles. The van der Waals surface area contributed by atoms with E-state index in [0.29, 0.717) is 28.4 Å². The lowest BCUT2D eigenvalue weighted by Crippen LogP contribution is -2.41. The highest BCUT2D eigenvalue weighted by molar-refractivity contribution is 6.30.